The fourth-order valence-electron chi connectivity index (χ4n) is 2.49. The molecule has 0 aromatic heterocycles. The fourth-order valence-corrected chi connectivity index (χ4v) is 3.99. The number of rotatable bonds is 4. The highest BCUT2D eigenvalue weighted by Crippen LogP contribution is 2.26. The average molecular weight is 314 g/mol. The number of benzene rings is 1. The second-order valence-corrected chi connectivity index (χ2v) is 7.87. The van der Waals surface area contributed by atoms with Crippen LogP contribution in [0, 0.1) is 0 Å². The van der Waals surface area contributed by atoms with Gasteiger partial charge in [-0.15, -0.1) is 0 Å². The summed E-state index contributed by atoms with van der Waals surface area (Å²) in [4.78, 5) is 1.98. The van der Waals surface area contributed by atoms with Crippen molar-refractivity contribution >= 4 is 10.0 Å². The zero-order chi connectivity index (χ0) is 15.7. The molecule has 1 heterocycles. The van der Waals surface area contributed by atoms with E-state index in [0.29, 0.717) is 32.7 Å². The van der Waals surface area contributed by atoms with Gasteiger partial charge >= 0.3 is 0 Å². The first-order valence-electron chi connectivity index (χ1n) is 6.93. The summed E-state index contributed by atoms with van der Waals surface area (Å²) in [6.45, 7) is 5.82. The molecule has 1 aliphatic rings. The summed E-state index contributed by atoms with van der Waals surface area (Å²) < 4.78 is 26.4. The van der Waals surface area contributed by atoms with E-state index in [1.165, 1.54) is 16.4 Å². The molecule has 1 aliphatic heterocycles. The molecule has 0 radical (unpaired) electrons. The molecule has 1 fully saturated rings. The lowest BCUT2D eigenvalue weighted by Crippen LogP contribution is -2.51. The fraction of sp³-hybridized carbons (Fsp3) is 0.571. The number of piperazine rings is 1. The van der Waals surface area contributed by atoms with Crippen LogP contribution in [0.4, 0.5) is 0 Å². The normalized spacial score (nSPS) is 18.8. The molecular weight excluding hydrogens is 292 g/mol. The van der Waals surface area contributed by atoms with Crippen molar-refractivity contribution in [2.24, 2.45) is 0 Å². The van der Waals surface area contributed by atoms with Crippen molar-refractivity contribution in [2.45, 2.75) is 24.3 Å². The van der Waals surface area contributed by atoms with Crippen molar-refractivity contribution in [3.63, 3.8) is 0 Å². The number of phenols is 1. The molecule has 0 bridgehead atoms. The maximum atomic E-state index is 12.5. The Morgan fingerprint density at radius 1 is 1.14 bits per heavy atom. The summed E-state index contributed by atoms with van der Waals surface area (Å²) in [5, 5.41) is 19.5. The van der Waals surface area contributed by atoms with Crippen LogP contribution in [0.15, 0.2) is 29.2 Å². The zero-order valence-corrected chi connectivity index (χ0v) is 13.2. The highest BCUT2D eigenvalue weighted by molar-refractivity contribution is 7.89. The Hall–Kier alpha value is -1.15. The molecule has 0 unspecified atom stereocenters. The van der Waals surface area contributed by atoms with E-state index in [9.17, 15) is 18.6 Å². The number of aromatic hydroxyl groups is 1. The van der Waals surface area contributed by atoms with E-state index in [2.05, 4.69) is 0 Å². The van der Waals surface area contributed by atoms with Crippen molar-refractivity contribution in [2.75, 3.05) is 32.7 Å². The van der Waals surface area contributed by atoms with E-state index in [4.69, 9.17) is 0 Å². The van der Waals surface area contributed by atoms with Gasteiger partial charge in [-0.2, -0.15) is 4.31 Å². The third-order valence-corrected chi connectivity index (χ3v) is 5.37. The highest BCUT2D eigenvalue weighted by atomic mass is 32.2. The Kier molecular flexibility index (Phi) is 4.57. The molecule has 7 heteroatoms. The summed E-state index contributed by atoms with van der Waals surface area (Å²) in [5.74, 6) is -0.226. The number of aliphatic hydroxyl groups is 1. The van der Waals surface area contributed by atoms with Crippen molar-refractivity contribution < 1.29 is 18.6 Å². The molecule has 0 spiro atoms. The number of nitrogens with zero attached hydrogens (tertiary/aromatic N) is 2. The Balaban J connectivity index is 2.07. The third-order valence-electron chi connectivity index (χ3n) is 3.42. The summed E-state index contributed by atoms with van der Waals surface area (Å²) in [6.07, 6.45) is 0. The molecule has 1 saturated heterocycles. The molecule has 21 heavy (non-hydrogen) atoms. The van der Waals surface area contributed by atoms with Gasteiger partial charge in [-0.1, -0.05) is 12.1 Å². The van der Waals surface area contributed by atoms with Crippen LogP contribution in [0.2, 0.25) is 0 Å². The number of sulfonamides is 1. The van der Waals surface area contributed by atoms with Crippen LogP contribution in [-0.4, -0.2) is 66.2 Å². The van der Waals surface area contributed by atoms with Crippen LogP contribution < -0.4 is 0 Å². The van der Waals surface area contributed by atoms with Gasteiger partial charge < -0.3 is 10.2 Å². The quantitative estimate of drug-likeness (QED) is 0.844. The minimum Gasteiger partial charge on any atom is -0.507 e. The maximum Gasteiger partial charge on any atom is 0.246 e. The van der Waals surface area contributed by atoms with Gasteiger partial charge in [0.15, 0.2) is 0 Å². The Bertz CT molecular complexity index is 587. The number of hydrogen-bond donors (Lipinski definition) is 2. The summed E-state index contributed by atoms with van der Waals surface area (Å²) in [7, 11) is -3.67. The minimum absolute atomic E-state index is 0.0547. The van der Waals surface area contributed by atoms with E-state index >= 15 is 0 Å². The SMILES string of the molecule is CC(C)(O)CN1CCN(S(=O)(=O)c2ccccc2O)CC1. The van der Waals surface area contributed by atoms with Crippen molar-refractivity contribution in [3.05, 3.63) is 24.3 Å². The van der Waals surface area contributed by atoms with Crippen molar-refractivity contribution in [1.29, 1.82) is 0 Å². The highest BCUT2D eigenvalue weighted by Gasteiger charge is 2.31. The van der Waals surface area contributed by atoms with Gasteiger partial charge in [0, 0.05) is 32.7 Å². The number of hydrogen-bond acceptors (Lipinski definition) is 5. The molecule has 0 atom stereocenters. The lowest BCUT2D eigenvalue weighted by atomic mass is 10.1. The number of β-amino-alcohol motifs (C(OH)–C–C–N with tert-alkyl or cyclic N) is 1. The van der Waals surface area contributed by atoms with Crippen LogP contribution in [0.3, 0.4) is 0 Å². The lowest BCUT2D eigenvalue weighted by Gasteiger charge is -2.36. The maximum absolute atomic E-state index is 12.5. The van der Waals surface area contributed by atoms with Gasteiger partial charge in [0.2, 0.25) is 10.0 Å². The van der Waals surface area contributed by atoms with Crippen LogP contribution in [-0.2, 0) is 10.0 Å². The lowest BCUT2D eigenvalue weighted by molar-refractivity contribution is 0.0263. The molecule has 2 N–H and O–H groups in total. The first kappa shape index (κ1) is 16.2. The van der Waals surface area contributed by atoms with Crippen LogP contribution in [0.25, 0.3) is 0 Å². The van der Waals surface area contributed by atoms with E-state index in [1.54, 1.807) is 26.0 Å². The first-order valence-corrected chi connectivity index (χ1v) is 8.37. The molecule has 118 valence electrons. The van der Waals surface area contributed by atoms with E-state index in [1.807, 2.05) is 4.90 Å². The van der Waals surface area contributed by atoms with E-state index in [0.717, 1.165) is 0 Å². The number of para-hydroxylation sites is 1. The molecule has 0 saturated carbocycles. The van der Waals surface area contributed by atoms with Gasteiger partial charge in [-0.25, -0.2) is 8.42 Å². The average Bonchev–Trinajstić information content (AvgIpc) is 2.37. The molecule has 1 aromatic carbocycles. The van der Waals surface area contributed by atoms with Crippen LogP contribution in [0.5, 0.6) is 5.75 Å². The summed E-state index contributed by atoms with van der Waals surface area (Å²) in [5.41, 5.74) is -0.793. The predicted molar refractivity (Wildman–Crippen MR) is 79.6 cm³/mol. The van der Waals surface area contributed by atoms with E-state index in [-0.39, 0.29) is 10.6 Å². The Morgan fingerprint density at radius 2 is 1.71 bits per heavy atom. The van der Waals surface area contributed by atoms with E-state index < -0.39 is 15.6 Å². The standard InChI is InChI=1S/C14H22N2O4S/c1-14(2,18)11-15-7-9-16(10-8-15)21(19,20)13-6-4-3-5-12(13)17/h3-6,17-18H,7-11H2,1-2H3. The van der Waals surface area contributed by atoms with Gasteiger partial charge in [0.25, 0.3) is 0 Å². The summed E-state index contributed by atoms with van der Waals surface area (Å²) >= 11 is 0. The molecule has 1 aromatic rings. The second-order valence-electron chi connectivity index (χ2n) is 5.96. The van der Waals surface area contributed by atoms with Crippen molar-refractivity contribution in [1.82, 2.24) is 9.21 Å². The second kappa shape index (κ2) is 5.92. The minimum atomic E-state index is -3.67. The largest absolute Gasteiger partial charge is 0.507 e. The molecule has 2 rings (SSSR count). The van der Waals surface area contributed by atoms with Crippen LogP contribution in [0.1, 0.15) is 13.8 Å². The van der Waals surface area contributed by atoms with Gasteiger partial charge in [-0.3, -0.25) is 4.90 Å². The molecule has 0 aliphatic carbocycles. The summed E-state index contributed by atoms with van der Waals surface area (Å²) in [6, 6.07) is 5.97. The zero-order valence-electron chi connectivity index (χ0n) is 12.4. The smallest absolute Gasteiger partial charge is 0.246 e. The monoisotopic (exact) mass is 314 g/mol. The Morgan fingerprint density at radius 3 is 2.24 bits per heavy atom. The van der Waals surface area contributed by atoms with Gasteiger partial charge in [-0.05, 0) is 26.0 Å². The van der Waals surface area contributed by atoms with Crippen LogP contribution >= 0.6 is 0 Å². The molecular formula is C14H22N2O4S. The Labute approximate surface area is 125 Å². The molecule has 6 nitrogen and oxygen atoms in total. The third kappa shape index (κ3) is 3.94. The number of phenolic OH excluding ortho intramolecular Hbond substituents is 1. The topological polar surface area (TPSA) is 81.1 Å². The molecule has 0 amide bonds. The van der Waals surface area contributed by atoms with Gasteiger partial charge in [0.1, 0.15) is 10.6 Å². The van der Waals surface area contributed by atoms with Gasteiger partial charge in [0.05, 0.1) is 5.60 Å². The van der Waals surface area contributed by atoms with Crippen molar-refractivity contribution in [3.8, 4) is 5.75 Å². The first-order chi connectivity index (χ1) is 9.70. The predicted octanol–water partition coefficient (Wildman–Crippen LogP) is 0.469.